The number of halogens is 4. The number of sulfonamides is 1. The van der Waals surface area contributed by atoms with Crippen molar-refractivity contribution < 1.29 is 21.6 Å². The average Bonchev–Trinajstić information content (AvgIpc) is 3.03. The van der Waals surface area contributed by atoms with Crippen LogP contribution in [-0.4, -0.2) is 23.2 Å². The first kappa shape index (κ1) is 20.2. The molecule has 0 amide bonds. The van der Waals surface area contributed by atoms with Gasteiger partial charge >= 0.3 is 6.18 Å². The summed E-state index contributed by atoms with van der Waals surface area (Å²) in [5.41, 5.74) is 1.14. The molecule has 0 spiro atoms. The monoisotopic (exact) mass is 430 g/mol. The van der Waals surface area contributed by atoms with E-state index in [1.807, 2.05) is 19.9 Å². The molecule has 3 rings (SSSR count). The van der Waals surface area contributed by atoms with E-state index in [0.29, 0.717) is 18.0 Å². The lowest BCUT2D eigenvalue weighted by molar-refractivity contribution is -0.137. The van der Waals surface area contributed by atoms with Crippen LogP contribution in [0.15, 0.2) is 47.8 Å². The normalized spacial score (nSPS) is 12.2. The number of nitrogens with one attached hydrogen (secondary N) is 1. The Bertz CT molecular complexity index is 1120. The predicted molar refractivity (Wildman–Crippen MR) is 98.1 cm³/mol. The fourth-order valence-corrected chi connectivity index (χ4v) is 3.79. The van der Waals surface area contributed by atoms with Crippen molar-refractivity contribution in [2.45, 2.75) is 24.9 Å². The molecular weight excluding hydrogens is 417 g/mol. The third-order valence-corrected chi connectivity index (χ3v) is 5.32. The Balaban J connectivity index is 1.91. The molecule has 1 aromatic carbocycles. The van der Waals surface area contributed by atoms with Gasteiger partial charge in [0, 0.05) is 11.9 Å². The third kappa shape index (κ3) is 4.28. The van der Waals surface area contributed by atoms with Crippen LogP contribution in [0.5, 0.6) is 0 Å². The second kappa shape index (κ2) is 7.10. The number of pyridine rings is 1. The fourth-order valence-electron chi connectivity index (χ4n) is 2.56. The number of hydrogen-bond donors (Lipinski definition) is 1. The summed E-state index contributed by atoms with van der Waals surface area (Å²) >= 11 is 5.87. The molecule has 3 aromatic rings. The number of alkyl halides is 3. The smallest absolute Gasteiger partial charge is 0.280 e. The Labute approximate surface area is 164 Å². The number of nitrogens with zero attached hydrogens (tertiary/aromatic N) is 3. The van der Waals surface area contributed by atoms with Gasteiger partial charge in [-0.15, -0.1) is 0 Å². The molecule has 0 fully saturated rings. The molecule has 2 aromatic heterocycles. The van der Waals surface area contributed by atoms with E-state index in [1.165, 1.54) is 0 Å². The highest BCUT2D eigenvalue weighted by Crippen LogP contribution is 2.32. The third-order valence-electron chi connectivity index (χ3n) is 3.71. The SMILES string of the molecule is Cc1cc(C)cc(NS(=O)(=O)c2cnn(-c3ncc(C(F)(F)F)cc3Cl)c2)c1. The van der Waals surface area contributed by atoms with Crippen LogP contribution in [0.25, 0.3) is 5.82 Å². The van der Waals surface area contributed by atoms with E-state index < -0.39 is 21.8 Å². The van der Waals surface area contributed by atoms with Gasteiger partial charge in [-0.3, -0.25) is 4.72 Å². The van der Waals surface area contributed by atoms with Crippen molar-refractivity contribution in [3.8, 4) is 5.82 Å². The first-order valence-electron chi connectivity index (χ1n) is 7.84. The molecule has 0 saturated heterocycles. The van der Waals surface area contributed by atoms with Gasteiger partial charge in [-0.2, -0.15) is 18.3 Å². The van der Waals surface area contributed by atoms with E-state index in [9.17, 15) is 21.6 Å². The first-order chi connectivity index (χ1) is 13.0. The molecule has 0 aliphatic heterocycles. The minimum absolute atomic E-state index is 0.123. The van der Waals surface area contributed by atoms with Crippen LogP contribution in [0.2, 0.25) is 5.02 Å². The summed E-state index contributed by atoms with van der Waals surface area (Å²) in [7, 11) is -3.96. The van der Waals surface area contributed by atoms with Gasteiger partial charge in [0.2, 0.25) is 0 Å². The Kier molecular flexibility index (Phi) is 5.11. The molecule has 0 saturated carbocycles. The van der Waals surface area contributed by atoms with Crippen molar-refractivity contribution in [2.24, 2.45) is 0 Å². The van der Waals surface area contributed by atoms with Crippen LogP contribution in [0.3, 0.4) is 0 Å². The van der Waals surface area contributed by atoms with Crippen LogP contribution in [-0.2, 0) is 16.2 Å². The van der Waals surface area contributed by atoms with Crippen LogP contribution in [0, 0.1) is 13.8 Å². The van der Waals surface area contributed by atoms with Gasteiger partial charge in [0.15, 0.2) is 5.82 Å². The largest absolute Gasteiger partial charge is 0.417 e. The molecule has 2 heterocycles. The molecule has 0 aliphatic carbocycles. The Morgan fingerprint density at radius 2 is 1.71 bits per heavy atom. The van der Waals surface area contributed by atoms with Crippen LogP contribution in [0.1, 0.15) is 16.7 Å². The zero-order chi connectivity index (χ0) is 20.7. The second-order valence-corrected chi connectivity index (χ2v) is 8.22. The number of rotatable bonds is 4. The van der Waals surface area contributed by atoms with E-state index in [-0.39, 0.29) is 15.7 Å². The van der Waals surface area contributed by atoms with E-state index in [1.54, 1.807) is 12.1 Å². The highest BCUT2D eigenvalue weighted by atomic mass is 35.5. The van der Waals surface area contributed by atoms with E-state index in [0.717, 1.165) is 28.2 Å². The molecule has 28 heavy (non-hydrogen) atoms. The van der Waals surface area contributed by atoms with Gasteiger partial charge < -0.3 is 0 Å². The summed E-state index contributed by atoms with van der Waals surface area (Å²) in [5, 5.41) is 3.54. The van der Waals surface area contributed by atoms with Crippen molar-refractivity contribution in [3.05, 3.63) is 64.6 Å². The Morgan fingerprint density at radius 3 is 2.29 bits per heavy atom. The molecular formula is C17H14ClF3N4O2S. The summed E-state index contributed by atoms with van der Waals surface area (Å²) in [6.45, 7) is 3.67. The highest BCUT2D eigenvalue weighted by molar-refractivity contribution is 7.92. The topological polar surface area (TPSA) is 76.9 Å². The molecule has 148 valence electrons. The summed E-state index contributed by atoms with van der Waals surface area (Å²) in [6.07, 6.45) is -1.82. The van der Waals surface area contributed by atoms with Crippen molar-refractivity contribution in [3.63, 3.8) is 0 Å². The van der Waals surface area contributed by atoms with Gasteiger partial charge in [0.25, 0.3) is 10.0 Å². The molecule has 1 N–H and O–H groups in total. The second-order valence-electron chi connectivity index (χ2n) is 6.13. The fraction of sp³-hybridized carbons (Fsp3) is 0.176. The molecule has 0 atom stereocenters. The van der Waals surface area contributed by atoms with Crippen molar-refractivity contribution in [1.82, 2.24) is 14.8 Å². The van der Waals surface area contributed by atoms with Gasteiger partial charge in [0.1, 0.15) is 4.90 Å². The number of aromatic nitrogens is 3. The first-order valence-corrected chi connectivity index (χ1v) is 9.71. The molecule has 11 heteroatoms. The Hall–Kier alpha value is -2.59. The predicted octanol–water partition coefficient (Wildman–Crippen LogP) is 4.36. The van der Waals surface area contributed by atoms with Crippen molar-refractivity contribution in [2.75, 3.05) is 4.72 Å². The maximum absolute atomic E-state index is 12.7. The lowest BCUT2D eigenvalue weighted by Crippen LogP contribution is -2.12. The quantitative estimate of drug-likeness (QED) is 0.667. The van der Waals surface area contributed by atoms with Crippen LogP contribution in [0.4, 0.5) is 18.9 Å². The molecule has 0 aliphatic rings. The zero-order valence-electron chi connectivity index (χ0n) is 14.6. The molecule has 0 bridgehead atoms. The van der Waals surface area contributed by atoms with Crippen molar-refractivity contribution >= 4 is 27.3 Å². The number of anilines is 1. The summed E-state index contributed by atoms with van der Waals surface area (Å²) in [4.78, 5) is 3.46. The number of aryl methyl sites for hydroxylation is 2. The highest BCUT2D eigenvalue weighted by Gasteiger charge is 2.32. The van der Waals surface area contributed by atoms with E-state index >= 15 is 0 Å². The zero-order valence-corrected chi connectivity index (χ0v) is 16.2. The van der Waals surface area contributed by atoms with Gasteiger partial charge in [-0.25, -0.2) is 18.1 Å². The maximum Gasteiger partial charge on any atom is 0.417 e. The van der Waals surface area contributed by atoms with Crippen LogP contribution >= 0.6 is 11.6 Å². The standard InChI is InChI=1S/C17H14ClF3N4O2S/c1-10-3-11(2)5-13(4-10)24-28(26,27)14-8-23-25(9-14)16-15(18)6-12(7-22-16)17(19,20)21/h3-9,24H,1-2H3. The number of hydrogen-bond acceptors (Lipinski definition) is 4. The minimum Gasteiger partial charge on any atom is -0.280 e. The van der Waals surface area contributed by atoms with Crippen molar-refractivity contribution in [1.29, 1.82) is 0 Å². The van der Waals surface area contributed by atoms with Gasteiger partial charge in [-0.05, 0) is 43.2 Å². The number of benzene rings is 1. The average molecular weight is 431 g/mol. The minimum atomic E-state index is -4.59. The molecule has 0 unspecified atom stereocenters. The van der Waals surface area contributed by atoms with Gasteiger partial charge in [0.05, 0.1) is 23.0 Å². The lowest BCUT2D eigenvalue weighted by Gasteiger charge is -2.09. The summed E-state index contributed by atoms with van der Waals surface area (Å²) in [5.74, 6) is -0.123. The summed E-state index contributed by atoms with van der Waals surface area (Å²) in [6, 6.07) is 5.94. The Morgan fingerprint density at radius 1 is 1.07 bits per heavy atom. The molecule has 0 radical (unpaired) electrons. The van der Waals surface area contributed by atoms with E-state index in [2.05, 4.69) is 14.8 Å². The van der Waals surface area contributed by atoms with E-state index in [4.69, 9.17) is 11.6 Å². The van der Waals surface area contributed by atoms with Crippen LogP contribution < -0.4 is 4.72 Å². The maximum atomic E-state index is 12.7. The lowest BCUT2D eigenvalue weighted by atomic mass is 10.1. The van der Waals surface area contributed by atoms with Gasteiger partial charge in [-0.1, -0.05) is 17.7 Å². The summed E-state index contributed by atoms with van der Waals surface area (Å²) < 4.78 is 66.7. The molecule has 6 nitrogen and oxygen atoms in total.